The second kappa shape index (κ2) is 7.67. The summed E-state index contributed by atoms with van der Waals surface area (Å²) in [4.78, 5) is 18.1. The molecule has 1 fully saturated rings. The van der Waals surface area contributed by atoms with Crippen LogP contribution in [-0.4, -0.2) is 46.6 Å². The minimum Gasteiger partial charge on any atom is -0.396 e. The Morgan fingerprint density at radius 3 is 2.84 bits per heavy atom. The van der Waals surface area contributed by atoms with Gasteiger partial charge in [0, 0.05) is 56.2 Å². The average molecular weight is 347 g/mol. The molecule has 1 aromatic carbocycles. The van der Waals surface area contributed by atoms with Crippen LogP contribution >= 0.6 is 0 Å². The van der Waals surface area contributed by atoms with E-state index in [-0.39, 0.29) is 36.6 Å². The van der Waals surface area contributed by atoms with Gasteiger partial charge in [-0.05, 0) is 18.2 Å². The zero-order chi connectivity index (χ0) is 17.8. The fourth-order valence-corrected chi connectivity index (χ4v) is 3.10. The first-order valence-electron chi connectivity index (χ1n) is 8.05. The summed E-state index contributed by atoms with van der Waals surface area (Å²) < 4.78 is 27.2. The van der Waals surface area contributed by atoms with Gasteiger partial charge in [-0.3, -0.25) is 14.7 Å². The highest BCUT2D eigenvalue weighted by molar-refractivity contribution is 5.94. The maximum Gasteiger partial charge on any atom is 0.253 e. The minimum atomic E-state index is -0.878. The first kappa shape index (κ1) is 17.4. The normalized spacial score (nSPS) is 20.6. The number of aromatic nitrogens is 1. The molecule has 5 nitrogen and oxygen atoms in total. The van der Waals surface area contributed by atoms with E-state index >= 15 is 0 Å². The van der Waals surface area contributed by atoms with E-state index in [9.17, 15) is 18.7 Å². The number of nitrogens with zero attached hydrogens (tertiary/aromatic N) is 2. The van der Waals surface area contributed by atoms with Crippen LogP contribution in [0.1, 0.15) is 15.9 Å². The molecule has 0 unspecified atom stereocenters. The number of carbonyl (C=O) groups is 1. The molecule has 3 rings (SSSR count). The number of likely N-dealkylation sites (tertiary alicyclic amines) is 1. The van der Waals surface area contributed by atoms with Gasteiger partial charge in [0.25, 0.3) is 5.91 Å². The second-order valence-electron chi connectivity index (χ2n) is 6.17. The van der Waals surface area contributed by atoms with Gasteiger partial charge in [0.2, 0.25) is 0 Å². The van der Waals surface area contributed by atoms with Crippen LogP contribution in [0.4, 0.5) is 8.78 Å². The summed E-state index contributed by atoms with van der Waals surface area (Å²) in [5.74, 6) is -2.17. The van der Waals surface area contributed by atoms with Crippen molar-refractivity contribution in [2.45, 2.75) is 12.6 Å². The molecule has 132 valence electrons. The smallest absolute Gasteiger partial charge is 0.253 e. The number of hydrogen-bond acceptors (Lipinski definition) is 4. The van der Waals surface area contributed by atoms with E-state index in [1.807, 2.05) is 4.90 Å². The summed E-state index contributed by atoms with van der Waals surface area (Å²) in [6.07, 6.45) is 3.05. The molecule has 1 amide bonds. The quantitative estimate of drug-likeness (QED) is 0.862. The molecule has 2 N–H and O–H groups in total. The molecule has 0 radical (unpaired) electrons. The molecule has 2 aromatic rings. The zero-order valence-electron chi connectivity index (χ0n) is 13.5. The third kappa shape index (κ3) is 4.00. The van der Waals surface area contributed by atoms with Crippen molar-refractivity contribution in [1.82, 2.24) is 15.2 Å². The molecule has 1 saturated heterocycles. The maximum atomic E-state index is 13.8. The Morgan fingerprint density at radius 2 is 2.12 bits per heavy atom. The Kier molecular flexibility index (Phi) is 5.35. The maximum absolute atomic E-state index is 13.8. The lowest BCUT2D eigenvalue weighted by atomic mass is 10.0. The Bertz CT molecular complexity index is 742. The summed E-state index contributed by atoms with van der Waals surface area (Å²) in [5, 5.41) is 12.5. The van der Waals surface area contributed by atoms with Gasteiger partial charge < -0.3 is 10.4 Å². The lowest BCUT2D eigenvalue weighted by molar-refractivity contribution is 0.0920. The van der Waals surface area contributed by atoms with Crippen LogP contribution in [0.2, 0.25) is 0 Å². The molecule has 1 aliphatic rings. The number of hydrogen-bond donors (Lipinski definition) is 2. The molecule has 1 aliphatic heterocycles. The van der Waals surface area contributed by atoms with Crippen molar-refractivity contribution in [1.29, 1.82) is 0 Å². The molecule has 1 aromatic heterocycles. The monoisotopic (exact) mass is 347 g/mol. The predicted molar refractivity (Wildman–Crippen MR) is 87.7 cm³/mol. The third-order valence-corrected chi connectivity index (χ3v) is 4.42. The van der Waals surface area contributed by atoms with E-state index in [1.54, 1.807) is 18.3 Å². The largest absolute Gasteiger partial charge is 0.396 e. The number of aliphatic hydroxyl groups is 1. The van der Waals surface area contributed by atoms with Crippen molar-refractivity contribution in [3.05, 3.63) is 65.5 Å². The first-order chi connectivity index (χ1) is 12.1. The second-order valence-corrected chi connectivity index (χ2v) is 6.17. The molecule has 0 bridgehead atoms. The van der Waals surface area contributed by atoms with Gasteiger partial charge in [-0.2, -0.15) is 0 Å². The van der Waals surface area contributed by atoms with Gasteiger partial charge in [0.15, 0.2) is 11.6 Å². The van der Waals surface area contributed by atoms with E-state index in [0.29, 0.717) is 18.7 Å². The van der Waals surface area contributed by atoms with Crippen molar-refractivity contribution in [3.63, 3.8) is 0 Å². The van der Waals surface area contributed by atoms with Gasteiger partial charge in [0.05, 0.1) is 5.56 Å². The van der Waals surface area contributed by atoms with Crippen LogP contribution in [0.25, 0.3) is 0 Å². The predicted octanol–water partition coefficient (Wildman–Crippen LogP) is 1.58. The van der Waals surface area contributed by atoms with Crippen LogP contribution in [0.5, 0.6) is 0 Å². The molecule has 2 heterocycles. The molecular formula is C18H19F2N3O2. The van der Waals surface area contributed by atoms with E-state index in [4.69, 9.17) is 0 Å². The number of aliphatic hydroxyl groups excluding tert-OH is 1. The van der Waals surface area contributed by atoms with Crippen LogP contribution in [-0.2, 0) is 6.54 Å². The van der Waals surface area contributed by atoms with Crippen molar-refractivity contribution < 1.29 is 18.7 Å². The highest BCUT2D eigenvalue weighted by Crippen LogP contribution is 2.21. The number of nitrogens with one attached hydrogen (secondary N) is 1. The van der Waals surface area contributed by atoms with Crippen molar-refractivity contribution >= 4 is 5.91 Å². The van der Waals surface area contributed by atoms with E-state index in [0.717, 1.165) is 6.07 Å². The number of carbonyl (C=O) groups excluding carboxylic acids is 1. The highest BCUT2D eigenvalue weighted by atomic mass is 19.2. The van der Waals surface area contributed by atoms with Crippen LogP contribution in [0, 0.1) is 17.6 Å². The Labute approximate surface area is 144 Å². The van der Waals surface area contributed by atoms with Gasteiger partial charge in [0.1, 0.15) is 0 Å². The first-order valence-corrected chi connectivity index (χ1v) is 8.05. The van der Waals surface area contributed by atoms with E-state index in [2.05, 4.69) is 10.3 Å². The Morgan fingerprint density at radius 1 is 1.28 bits per heavy atom. The molecule has 0 saturated carbocycles. The Balaban J connectivity index is 1.66. The summed E-state index contributed by atoms with van der Waals surface area (Å²) in [6, 6.07) is 7.14. The van der Waals surface area contributed by atoms with Crippen LogP contribution < -0.4 is 5.32 Å². The molecule has 7 heteroatoms. The minimum absolute atomic E-state index is 0.0971. The van der Waals surface area contributed by atoms with Crippen molar-refractivity contribution in [2.75, 3.05) is 19.7 Å². The summed E-state index contributed by atoms with van der Waals surface area (Å²) >= 11 is 0. The summed E-state index contributed by atoms with van der Waals surface area (Å²) in [6.45, 7) is 1.07. The number of halogens is 2. The van der Waals surface area contributed by atoms with E-state index in [1.165, 1.54) is 18.3 Å². The lowest BCUT2D eigenvalue weighted by Gasteiger charge is -2.18. The molecule has 0 spiro atoms. The Hall–Kier alpha value is -2.38. The number of pyridine rings is 1. The molecule has 0 aliphatic carbocycles. The van der Waals surface area contributed by atoms with Crippen LogP contribution in [0.3, 0.4) is 0 Å². The average Bonchev–Trinajstić information content (AvgIpc) is 3.01. The SMILES string of the molecule is O=C(N[C@@H]1CN(Cc2cccc(F)c2F)C[C@H]1CO)c1cccnc1. The number of benzene rings is 1. The standard InChI is InChI=1S/C18H19F2N3O2/c19-15-5-1-3-13(17(15)20)8-23-9-14(11-24)16(10-23)22-18(25)12-4-2-6-21-7-12/h1-7,14,16,24H,8-11H2,(H,22,25)/t14-,16+/m0/s1. The molecule has 25 heavy (non-hydrogen) atoms. The lowest BCUT2D eigenvalue weighted by Crippen LogP contribution is -2.41. The summed E-state index contributed by atoms with van der Waals surface area (Å²) in [5.41, 5.74) is 0.699. The van der Waals surface area contributed by atoms with Gasteiger partial charge in [-0.15, -0.1) is 0 Å². The van der Waals surface area contributed by atoms with Gasteiger partial charge >= 0.3 is 0 Å². The van der Waals surface area contributed by atoms with Crippen LogP contribution in [0.15, 0.2) is 42.7 Å². The van der Waals surface area contributed by atoms with Crippen molar-refractivity contribution in [2.24, 2.45) is 5.92 Å². The molecular weight excluding hydrogens is 328 g/mol. The van der Waals surface area contributed by atoms with Gasteiger partial charge in [-0.25, -0.2) is 8.78 Å². The number of rotatable bonds is 5. The molecule has 2 atom stereocenters. The van der Waals surface area contributed by atoms with E-state index < -0.39 is 11.6 Å². The van der Waals surface area contributed by atoms with Gasteiger partial charge in [-0.1, -0.05) is 12.1 Å². The fourth-order valence-electron chi connectivity index (χ4n) is 3.10. The number of amides is 1. The zero-order valence-corrected chi connectivity index (χ0v) is 13.5. The summed E-state index contributed by atoms with van der Waals surface area (Å²) in [7, 11) is 0. The fraction of sp³-hybridized carbons (Fsp3) is 0.333. The third-order valence-electron chi connectivity index (χ3n) is 4.42. The highest BCUT2D eigenvalue weighted by Gasteiger charge is 2.33. The van der Waals surface area contributed by atoms with Crippen molar-refractivity contribution in [3.8, 4) is 0 Å². The topological polar surface area (TPSA) is 65.5 Å².